The number of thioether (sulfide) groups is 1. The molecule has 0 aliphatic carbocycles. The summed E-state index contributed by atoms with van der Waals surface area (Å²) < 4.78 is 2.07. The molecule has 22 heavy (non-hydrogen) atoms. The van der Waals surface area contributed by atoms with E-state index in [9.17, 15) is 4.79 Å². The number of hydrogen-bond donors (Lipinski definition) is 0. The van der Waals surface area contributed by atoms with Crippen molar-refractivity contribution in [3.05, 3.63) is 66.0 Å². The van der Waals surface area contributed by atoms with Gasteiger partial charge >= 0.3 is 0 Å². The Morgan fingerprint density at radius 3 is 2.95 bits per heavy atom. The number of nitrogens with zero attached hydrogens (tertiary/aromatic N) is 3. The van der Waals surface area contributed by atoms with E-state index < -0.39 is 0 Å². The molecule has 0 radical (unpaired) electrons. The third-order valence-corrected chi connectivity index (χ3v) is 4.91. The Balaban J connectivity index is 1.42. The molecule has 0 unspecified atom stereocenters. The van der Waals surface area contributed by atoms with Crippen molar-refractivity contribution in [2.75, 3.05) is 12.3 Å². The number of carbonyl (C=O) groups is 1. The minimum atomic E-state index is 0.150. The molecule has 1 aromatic carbocycles. The number of aromatic nitrogens is 2. The second-order valence-electron chi connectivity index (χ2n) is 5.25. The maximum absolute atomic E-state index is 12.3. The van der Waals surface area contributed by atoms with Crippen molar-refractivity contribution in [3.63, 3.8) is 0 Å². The Labute approximate surface area is 132 Å². The molecule has 3 heterocycles. The van der Waals surface area contributed by atoms with Gasteiger partial charge in [-0.1, -0.05) is 24.3 Å². The highest BCUT2D eigenvalue weighted by atomic mass is 32.2. The van der Waals surface area contributed by atoms with Gasteiger partial charge in [0.05, 0.1) is 5.03 Å². The van der Waals surface area contributed by atoms with Crippen LogP contribution < -0.4 is 0 Å². The molecule has 0 fully saturated rings. The van der Waals surface area contributed by atoms with Crippen molar-refractivity contribution in [3.8, 4) is 0 Å². The molecule has 0 spiro atoms. The molecular formula is C17H15N3OS. The van der Waals surface area contributed by atoms with Crippen LogP contribution in [-0.2, 0) is 6.54 Å². The lowest BCUT2D eigenvalue weighted by Gasteiger charge is -2.15. The van der Waals surface area contributed by atoms with Crippen molar-refractivity contribution in [1.82, 2.24) is 14.3 Å². The quantitative estimate of drug-likeness (QED) is 0.695. The summed E-state index contributed by atoms with van der Waals surface area (Å²) in [5, 5.41) is 1.15. The van der Waals surface area contributed by atoms with Crippen molar-refractivity contribution in [2.24, 2.45) is 0 Å². The number of fused-ring (bicyclic) bond motifs is 2. The summed E-state index contributed by atoms with van der Waals surface area (Å²) in [5.74, 6) is 1.02. The van der Waals surface area contributed by atoms with E-state index in [0.29, 0.717) is 0 Å². The van der Waals surface area contributed by atoms with Crippen LogP contribution in [-0.4, -0.2) is 32.5 Å². The first kappa shape index (κ1) is 13.4. The average Bonchev–Trinajstić information content (AvgIpc) is 3.14. The molecule has 1 aliphatic heterocycles. The minimum absolute atomic E-state index is 0.150. The van der Waals surface area contributed by atoms with E-state index in [2.05, 4.69) is 15.5 Å². The molecule has 0 atom stereocenters. The monoisotopic (exact) mass is 309 g/mol. The summed E-state index contributed by atoms with van der Waals surface area (Å²) >= 11 is 1.75. The second kappa shape index (κ2) is 5.50. The third kappa shape index (κ3) is 2.27. The minimum Gasteiger partial charge on any atom is -0.333 e. The lowest BCUT2D eigenvalue weighted by molar-refractivity contribution is 0.0788. The van der Waals surface area contributed by atoms with Crippen LogP contribution in [0.25, 0.3) is 5.65 Å². The highest BCUT2D eigenvalue weighted by molar-refractivity contribution is 7.99. The molecule has 0 saturated carbocycles. The maximum atomic E-state index is 12.3. The lowest BCUT2D eigenvalue weighted by Crippen LogP contribution is -2.26. The molecule has 1 amide bonds. The van der Waals surface area contributed by atoms with Gasteiger partial charge in [0, 0.05) is 36.8 Å². The first-order valence-electron chi connectivity index (χ1n) is 7.25. The van der Waals surface area contributed by atoms with Gasteiger partial charge < -0.3 is 4.90 Å². The first-order valence-corrected chi connectivity index (χ1v) is 8.23. The largest absolute Gasteiger partial charge is 0.333 e. The Morgan fingerprint density at radius 2 is 2.05 bits per heavy atom. The number of hydrogen-bond acceptors (Lipinski definition) is 3. The SMILES string of the molecule is O=C1c2ccccc2CN1CCSc1cccc2nccn12. The van der Waals surface area contributed by atoms with E-state index in [4.69, 9.17) is 0 Å². The van der Waals surface area contributed by atoms with Crippen molar-refractivity contribution >= 4 is 23.3 Å². The number of amides is 1. The van der Waals surface area contributed by atoms with Gasteiger partial charge in [0.1, 0.15) is 5.65 Å². The van der Waals surface area contributed by atoms with E-state index in [-0.39, 0.29) is 5.91 Å². The Kier molecular flexibility index (Phi) is 3.35. The highest BCUT2D eigenvalue weighted by Gasteiger charge is 2.26. The van der Waals surface area contributed by atoms with Gasteiger partial charge in [0.25, 0.3) is 5.91 Å². The van der Waals surface area contributed by atoms with Crippen LogP contribution in [0.15, 0.2) is 59.9 Å². The molecule has 5 heteroatoms. The van der Waals surface area contributed by atoms with Crippen LogP contribution in [0.1, 0.15) is 15.9 Å². The van der Waals surface area contributed by atoms with Crippen LogP contribution in [0.2, 0.25) is 0 Å². The molecule has 3 aromatic rings. The Morgan fingerprint density at radius 1 is 1.14 bits per heavy atom. The van der Waals surface area contributed by atoms with Gasteiger partial charge in [-0.3, -0.25) is 9.20 Å². The summed E-state index contributed by atoms with van der Waals surface area (Å²) in [4.78, 5) is 18.5. The first-order chi connectivity index (χ1) is 10.8. The van der Waals surface area contributed by atoms with E-state index in [1.165, 1.54) is 0 Å². The van der Waals surface area contributed by atoms with E-state index in [0.717, 1.165) is 40.6 Å². The summed E-state index contributed by atoms with van der Waals surface area (Å²) in [6.45, 7) is 1.48. The number of imidazole rings is 1. The van der Waals surface area contributed by atoms with Gasteiger partial charge in [-0.2, -0.15) is 0 Å². The Bertz CT molecular complexity index is 843. The smallest absolute Gasteiger partial charge is 0.254 e. The summed E-state index contributed by atoms with van der Waals surface area (Å²) in [6, 6.07) is 14.0. The fourth-order valence-electron chi connectivity index (χ4n) is 2.79. The van der Waals surface area contributed by atoms with Crippen LogP contribution in [0.4, 0.5) is 0 Å². The van der Waals surface area contributed by atoms with Crippen molar-refractivity contribution in [2.45, 2.75) is 11.6 Å². The zero-order valence-electron chi connectivity index (χ0n) is 12.0. The molecule has 0 bridgehead atoms. The maximum Gasteiger partial charge on any atom is 0.254 e. The predicted octanol–water partition coefficient (Wildman–Crippen LogP) is 3.08. The van der Waals surface area contributed by atoms with Crippen molar-refractivity contribution < 1.29 is 4.79 Å². The van der Waals surface area contributed by atoms with E-state index in [1.54, 1.807) is 18.0 Å². The van der Waals surface area contributed by atoms with Gasteiger partial charge in [-0.15, -0.1) is 11.8 Å². The standard InChI is InChI=1S/C17H15N3OS/c21-17-14-5-2-1-4-13(14)12-19(17)10-11-22-16-7-3-6-15-18-8-9-20(15)16/h1-9H,10-12H2. The van der Waals surface area contributed by atoms with Gasteiger partial charge in [0.2, 0.25) is 0 Å². The molecular weight excluding hydrogens is 294 g/mol. The molecule has 4 rings (SSSR count). The predicted molar refractivity (Wildman–Crippen MR) is 87.1 cm³/mol. The zero-order chi connectivity index (χ0) is 14.9. The number of rotatable bonds is 4. The topological polar surface area (TPSA) is 37.6 Å². The van der Waals surface area contributed by atoms with Crippen LogP contribution in [0.5, 0.6) is 0 Å². The molecule has 0 N–H and O–H groups in total. The van der Waals surface area contributed by atoms with Gasteiger partial charge in [-0.05, 0) is 23.8 Å². The van der Waals surface area contributed by atoms with Crippen LogP contribution >= 0.6 is 11.8 Å². The molecule has 110 valence electrons. The average molecular weight is 309 g/mol. The molecule has 4 nitrogen and oxygen atoms in total. The number of benzene rings is 1. The summed E-state index contributed by atoms with van der Waals surface area (Å²) in [6.07, 6.45) is 3.77. The lowest BCUT2D eigenvalue weighted by atomic mass is 10.1. The summed E-state index contributed by atoms with van der Waals surface area (Å²) in [5.41, 5.74) is 2.94. The van der Waals surface area contributed by atoms with Crippen LogP contribution in [0, 0.1) is 0 Å². The fourth-order valence-corrected chi connectivity index (χ4v) is 3.78. The molecule has 0 saturated heterocycles. The van der Waals surface area contributed by atoms with Crippen molar-refractivity contribution in [1.29, 1.82) is 0 Å². The highest BCUT2D eigenvalue weighted by Crippen LogP contribution is 2.24. The second-order valence-corrected chi connectivity index (χ2v) is 6.37. The number of carbonyl (C=O) groups excluding carboxylic acids is 1. The molecule has 1 aliphatic rings. The third-order valence-electron chi connectivity index (χ3n) is 3.90. The van der Waals surface area contributed by atoms with E-state index in [1.807, 2.05) is 47.5 Å². The number of pyridine rings is 1. The van der Waals surface area contributed by atoms with Crippen LogP contribution in [0.3, 0.4) is 0 Å². The van der Waals surface area contributed by atoms with E-state index >= 15 is 0 Å². The molecule has 2 aromatic heterocycles. The zero-order valence-corrected chi connectivity index (χ0v) is 12.8. The fraction of sp³-hybridized carbons (Fsp3) is 0.176. The summed E-state index contributed by atoms with van der Waals surface area (Å²) in [7, 11) is 0. The van der Waals surface area contributed by atoms with Gasteiger partial charge in [-0.25, -0.2) is 4.98 Å². The Hall–Kier alpha value is -2.27. The normalized spacial score (nSPS) is 13.8. The van der Waals surface area contributed by atoms with Gasteiger partial charge in [0.15, 0.2) is 0 Å².